The highest BCUT2D eigenvalue weighted by molar-refractivity contribution is 7.99. The quantitative estimate of drug-likeness (QED) is 0.838. The van der Waals surface area contributed by atoms with Gasteiger partial charge in [-0.05, 0) is 50.8 Å². The van der Waals surface area contributed by atoms with Gasteiger partial charge in [-0.15, -0.1) is 0 Å². The standard InChI is InChI=1S/C14H25NOS/c1-15-13-10-17-9-11(13)8-12-4-7-14(16-12)5-2-3-6-14/h11-13,15H,2-10H2,1H3. The molecule has 0 bridgehead atoms. The van der Waals surface area contributed by atoms with Crippen LogP contribution >= 0.6 is 11.8 Å². The molecule has 3 aliphatic rings. The first kappa shape index (κ1) is 12.3. The summed E-state index contributed by atoms with van der Waals surface area (Å²) >= 11 is 2.10. The summed E-state index contributed by atoms with van der Waals surface area (Å²) in [4.78, 5) is 0. The SMILES string of the molecule is CNC1CSCC1CC1CCC2(CCCC2)O1. The van der Waals surface area contributed by atoms with Gasteiger partial charge in [0.15, 0.2) is 0 Å². The Morgan fingerprint density at radius 1 is 1.24 bits per heavy atom. The number of hydrogen-bond acceptors (Lipinski definition) is 3. The van der Waals surface area contributed by atoms with Crippen LogP contribution in [0.3, 0.4) is 0 Å². The molecule has 2 aliphatic heterocycles. The zero-order valence-corrected chi connectivity index (χ0v) is 11.7. The topological polar surface area (TPSA) is 21.3 Å². The van der Waals surface area contributed by atoms with Crippen LogP contribution in [0.1, 0.15) is 44.9 Å². The lowest BCUT2D eigenvalue weighted by Gasteiger charge is -2.26. The molecule has 17 heavy (non-hydrogen) atoms. The van der Waals surface area contributed by atoms with Gasteiger partial charge < -0.3 is 10.1 Å². The molecule has 1 aliphatic carbocycles. The van der Waals surface area contributed by atoms with Crippen molar-refractivity contribution in [1.82, 2.24) is 5.32 Å². The van der Waals surface area contributed by atoms with E-state index in [4.69, 9.17) is 4.74 Å². The predicted octanol–water partition coefficient (Wildman–Crippen LogP) is 2.82. The van der Waals surface area contributed by atoms with Gasteiger partial charge in [0.05, 0.1) is 11.7 Å². The Hall–Kier alpha value is 0.270. The van der Waals surface area contributed by atoms with E-state index in [1.807, 2.05) is 0 Å². The van der Waals surface area contributed by atoms with E-state index in [1.165, 1.54) is 56.5 Å². The van der Waals surface area contributed by atoms with Crippen molar-refractivity contribution >= 4 is 11.8 Å². The molecular weight excluding hydrogens is 230 g/mol. The highest BCUT2D eigenvalue weighted by atomic mass is 32.2. The molecule has 0 aromatic carbocycles. The Balaban J connectivity index is 1.53. The molecule has 0 radical (unpaired) electrons. The zero-order valence-electron chi connectivity index (χ0n) is 10.9. The number of ether oxygens (including phenoxy) is 1. The molecule has 0 amide bonds. The molecule has 2 heterocycles. The first-order valence-corrected chi connectivity index (χ1v) is 8.40. The summed E-state index contributed by atoms with van der Waals surface area (Å²) in [6, 6.07) is 0.726. The first-order chi connectivity index (χ1) is 8.31. The van der Waals surface area contributed by atoms with E-state index < -0.39 is 0 Å². The average molecular weight is 255 g/mol. The van der Waals surface area contributed by atoms with Crippen molar-refractivity contribution in [1.29, 1.82) is 0 Å². The third kappa shape index (κ3) is 2.52. The fraction of sp³-hybridized carbons (Fsp3) is 1.00. The second-order valence-corrected chi connectivity index (χ2v) is 7.17. The summed E-state index contributed by atoms with van der Waals surface area (Å²) < 4.78 is 6.43. The number of rotatable bonds is 3. The third-order valence-corrected chi connectivity index (χ3v) is 6.25. The van der Waals surface area contributed by atoms with Crippen LogP contribution in [0.4, 0.5) is 0 Å². The molecule has 3 atom stereocenters. The van der Waals surface area contributed by atoms with Crippen LogP contribution < -0.4 is 5.32 Å². The maximum Gasteiger partial charge on any atom is 0.0687 e. The van der Waals surface area contributed by atoms with Crippen molar-refractivity contribution in [2.45, 2.75) is 62.7 Å². The Kier molecular flexibility index (Phi) is 3.69. The largest absolute Gasteiger partial charge is 0.372 e. The van der Waals surface area contributed by atoms with Gasteiger partial charge in [-0.25, -0.2) is 0 Å². The molecular formula is C14H25NOS. The molecule has 1 spiro atoms. The molecule has 3 rings (SSSR count). The molecule has 1 saturated carbocycles. The van der Waals surface area contributed by atoms with Gasteiger partial charge in [-0.3, -0.25) is 0 Å². The normalized spacial score (nSPS) is 40.4. The molecule has 1 N–H and O–H groups in total. The second-order valence-electron chi connectivity index (χ2n) is 6.10. The smallest absolute Gasteiger partial charge is 0.0687 e. The van der Waals surface area contributed by atoms with Gasteiger partial charge in [0.2, 0.25) is 0 Å². The van der Waals surface area contributed by atoms with E-state index in [0.29, 0.717) is 11.7 Å². The minimum Gasteiger partial charge on any atom is -0.372 e. The lowest BCUT2D eigenvalue weighted by Crippen LogP contribution is -2.35. The fourth-order valence-electron chi connectivity index (χ4n) is 3.94. The summed E-state index contributed by atoms with van der Waals surface area (Å²) in [6.45, 7) is 0. The average Bonchev–Trinajstić information content (AvgIpc) is 3.03. The lowest BCUT2D eigenvalue weighted by atomic mass is 9.94. The van der Waals surface area contributed by atoms with Crippen molar-refractivity contribution in [3.8, 4) is 0 Å². The summed E-state index contributed by atoms with van der Waals surface area (Å²) in [7, 11) is 2.11. The van der Waals surface area contributed by atoms with Crippen LogP contribution in [0.25, 0.3) is 0 Å². The fourth-order valence-corrected chi connectivity index (χ4v) is 5.44. The number of hydrogen-bond donors (Lipinski definition) is 1. The first-order valence-electron chi connectivity index (χ1n) is 7.24. The van der Waals surface area contributed by atoms with E-state index in [2.05, 4.69) is 24.1 Å². The Morgan fingerprint density at radius 3 is 2.82 bits per heavy atom. The second kappa shape index (κ2) is 5.10. The van der Waals surface area contributed by atoms with Crippen LogP contribution in [-0.2, 0) is 4.74 Å². The minimum atomic E-state index is 0.325. The molecule has 2 nitrogen and oxygen atoms in total. The van der Waals surface area contributed by atoms with Crippen molar-refractivity contribution in [3.63, 3.8) is 0 Å². The summed E-state index contributed by atoms with van der Waals surface area (Å²) in [5, 5.41) is 3.47. The van der Waals surface area contributed by atoms with E-state index >= 15 is 0 Å². The monoisotopic (exact) mass is 255 g/mol. The molecule has 0 aromatic rings. The van der Waals surface area contributed by atoms with E-state index in [-0.39, 0.29) is 0 Å². The zero-order chi connectivity index (χ0) is 11.7. The van der Waals surface area contributed by atoms with E-state index in [9.17, 15) is 0 Å². The van der Waals surface area contributed by atoms with Crippen molar-refractivity contribution in [3.05, 3.63) is 0 Å². The highest BCUT2D eigenvalue weighted by Crippen LogP contribution is 2.45. The van der Waals surface area contributed by atoms with Gasteiger partial charge >= 0.3 is 0 Å². The Labute approximate surface area is 109 Å². The van der Waals surface area contributed by atoms with Gasteiger partial charge in [0.1, 0.15) is 0 Å². The van der Waals surface area contributed by atoms with Gasteiger partial charge in [0, 0.05) is 11.8 Å². The van der Waals surface area contributed by atoms with Crippen molar-refractivity contribution in [2.24, 2.45) is 5.92 Å². The summed E-state index contributed by atoms with van der Waals surface area (Å²) in [6.07, 6.45) is 9.96. The Morgan fingerprint density at radius 2 is 2.06 bits per heavy atom. The maximum atomic E-state index is 6.43. The number of thioether (sulfide) groups is 1. The minimum absolute atomic E-state index is 0.325. The molecule has 3 fully saturated rings. The lowest BCUT2D eigenvalue weighted by molar-refractivity contribution is -0.0440. The Bertz CT molecular complexity index is 265. The summed E-state index contributed by atoms with van der Waals surface area (Å²) in [5.74, 6) is 3.46. The predicted molar refractivity (Wildman–Crippen MR) is 73.6 cm³/mol. The van der Waals surface area contributed by atoms with Crippen LogP contribution in [0.15, 0.2) is 0 Å². The van der Waals surface area contributed by atoms with Crippen LogP contribution in [0, 0.1) is 5.92 Å². The van der Waals surface area contributed by atoms with Crippen LogP contribution in [0.2, 0.25) is 0 Å². The van der Waals surface area contributed by atoms with Gasteiger partial charge in [-0.2, -0.15) is 11.8 Å². The number of nitrogens with one attached hydrogen (secondary N) is 1. The molecule has 0 aromatic heterocycles. The van der Waals surface area contributed by atoms with E-state index in [0.717, 1.165) is 12.0 Å². The molecule has 2 saturated heterocycles. The molecule has 3 unspecified atom stereocenters. The van der Waals surface area contributed by atoms with Gasteiger partial charge in [0.25, 0.3) is 0 Å². The van der Waals surface area contributed by atoms with Crippen LogP contribution in [0.5, 0.6) is 0 Å². The van der Waals surface area contributed by atoms with Gasteiger partial charge in [-0.1, -0.05) is 12.8 Å². The van der Waals surface area contributed by atoms with Crippen molar-refractivity contribution in [2.75, 3.05) is 18.6 Å². The van der Waals surface area contributed by atoms with Crippen LogP contribution in [-0.4, -0.2) is 36.3 Å². The highest BCUT2D eigenvalue weighted by Gasteiger charge is 2.43. The summed E-state index contributed by atoms with van der Waals surface area (Å²) in [5.41, 5.74) is 0.325. The maximum absolute atomic E-state index is 6.43. The van der Waals surface area contributed by atoms with Crippen molar-refractivity contribution < 1.29 is 4.74 Å². The van der Waals surface area contributed by atoms with E-state index in [1.54, 1.807) is 0 Å². The third-order valence-electron chi connectivity index (χ3n) is 4.99. The molecule has 98 valence electrons. The molecule has 3 heteroatoms.